The predicted octanol–water partition coefficient (Wildman–Crippen LogP) is 9.73. The topological polar surface area (TPSA) is 38.9 Å². The van der Waals surface area contributed by atoms with Crippen LogP contribution in [0.15, 0.2) is 114 Å². The van der Waals surface area contributed by atoms with Gasteiger partial charge >= 0.3 is 0 Å². The third-order valence-corrected chi connectivity index (χ3v) is 7.14. The zero-order valence-corrected chi connectivity index (χ0v) is 25.8. The van der Waals surface area contributed by atoms with E-state index in [0.717, 1.165) is 44.4 Å². The molecule has 0 saturated carbocycles. The fourth-order valence-corrected chi connectivity index (χ4v) is 4.84. The van der Waals surface area contributed by atoms with E-state index in [-0.39, 0.29) is 25.9 Å². The molecule has 0 bridgehead atoms. The van der Waals surface area contributed by atoms with Gasteiger partial charge in [0.25, 0.3) is 0 Å². The average Bonchev–Trinajstić information content (AvgIpc) is 3.38. The van der Waals surface area contributed by atoms with Crippen LogP contribution in [-0.4, -0.2) is 9.97 Å². The molecule has 0 saturated heterocycles. The third-order valence-electron chi connectivity index (χ3n) is 7.14. The maximum absolute atomic E-state index is 14.7. The molecule has 42 heavy (non-hydrogen) atoms. The van der Waals surface area contributed by atoms with Crippen molar-refractivity contribution in [3.8, 4) is 33.6 Å². The standard InChI is InChI=1S/C24H15FNO.C13H12N.Ir/c1-15-12-13-26-21(14-15)19-9-5-8-17-18-10-11-20(25)22(24(18)27-23(17)19)16-6-3-2-4-7-16;1-10-8-13(14-9-11(10)2)12-6-4-3-5-7-12;/h2-8,10-14H,1H3;3-6,8-9H,1-2H3;/q2*-1;. The minimum Gasteiger partial charge on any atom is -0.500 e. The first kappa shape index (κ1) is 29.1. The van der Waals surface area contributed by atoms with E-state index in [1.54, 1.807) is 12.3 Å². The quantitative estimate of drug-likeness (QED) is 0.170. The number of benzene rings is 4. The van der Waals surface area contributed by atoms with Crippen LogP contribution in [0.2, 0.25) is 0 Å². The number of halogens is 1. The van der Waals surface area contributed by atoms with Gasteiger partial charge in [0.05, 0.1) is 11.1 Å². The zero-order valence-electron chi connectivity index (χ0n) is 23.4. The molecule has 1 radical (unpaired) electrons. The van der Waals surface area contributed by atoms with Crippen LogP contribution in [0.4, 0.5) is 4.39 Å². The van der Waals surface area contributed by atoms with Gasteiger partial charge in [0.2, 0.25) is 0 Å². The Balaban J connectivity index is 0.000000200. The molecule has 0 aliphatic heterocycles. The SMILES string of the molecule is Cc1ccnc(-c2[c-]ccc3c2oc2c(-c4ccccc4)c(F)ccc23)c1.Cc1cnc(-c2[c-]cccc2)cc1C.[Ir]. The normalized spacial score (nSPS) is 10.7. The van der Waals surface area contributed by atoms with Gasteiger partial charge in [-0.2, -0.15) is 0 Å². The molecule has 4 aromatic carbocycles. The summed E-state index contributed by atoms with van der Waals surface area (Å²) in [7, 11) is 0. The van der Waals surface area contributed by atoms with Crippen LogP contribution in [0.5, 0.6) is 0 Å². The van der Waals surface area contributed by atoms with Crippen LogP contribution in [0.3, 0.4) is 0 Å². The van der Waals surface area contributed by atoms with Gasteiger partial charge in [-0.3, -0.25) is 0 Å². The van der Waals surface area contributed by atoms with Crippen molar-refractivity contribution in [1.82, 2.24) is 9.97 Å². The maximum atomic E-state index is 14.7. The van der Waals surface area contributed by atoms with Crippen LogP contribution in [0.25, 0.3) is 55.6 Å². The van der Waals surface area contributed by atoms with Crippen molar-refractivity contribution in [2.45, 2.75) is 20.8 Å². The van der Waals surface area contributed by atoms with Gasteiger partial charge in [0.1, 0.15) is 11.4 Å². The summed E-state index contributed by atoms with van der Waals surface area (Å²) in [6.07, 6.45) is 3.68. The Bertz CT molecular complexity index is 1990. The summed E-state index contributed by atoms with van der Waals surface area (Å²) in [5, 5.41) is 1.81. The van der Waals surface area contributed by atoms with Crippen molar-refractivity contribution in [2.24, 2.45) is 0 Å². The molecule has 0 unspecified atom stereocenters. The molecule has 0 aliphatic carbocycles. The second-order valence-electron chi connectivity index (χ2n) is 10.0. The van der Waals surface area contributed by atoms with Crippen LogP contribution in [-0.2, 0) is 20.1 Å². The number of aryl methyl sites for hydroxylation is 3. The summed E-state index contributed by atoms with van der Waals surface area (Å²) in [5.74, 6) is -0.299. The first-order valence-electron chi connectivity index (χ1n) is 13.4. The van der Waals surface area contributed by atoms with E-state index in [0.29, 0.717) is 16.7 Å². The second kappa shape index (κ2) is 12.6. The Morgan fingerprint density at radius 3 is 2.21 bits per heavy atom. The van der Waals surface area contributed by atoms with Gasteiger partial charge in [0, 0.05) is 37.9 Å². The van der Waals surface area contributed by atoms with Gasteiger partial charge in [-0.25, -0.2) is 4.39 Å². The Morgan fingerprint density at radius 2 is 1.48 bits per heavy atom. The molecule has 3 aromatic heterocycles. The van der Waals surface area contributed by atoms with Gasteiger partial charge in [0.15, 0.2) is 0 Å². The van der Waals surface area contributed by atoms with E-state index >= 15 is 0 Å². The number of aromatic nitrogens is 2. The number of rotatable bonds is 3. The van der Waals surface area contributed by atoms with Gasteiger partial charge in [-0.15, -0.1) is 54.1 Å². The van der Waals surface area contributed by atoms with Crippen LogP contribution < -0.4 is 0 Å². The fraction of sp³-hybridized carbons (Fsp3) is 0.0811. The molecule has 0 aliphatic rings. The molecule has 0 spiro atoms. The number of fused-ring (bicyclic) bond motifs is 3. The van der Waals surface area contributed by atoms with Crippen LogP contribution in [0, 0.1) is 38.7 Å². The van der Waals surface area contributed by atoms with Crippen molar-refractivity contribution in [1.29, 1.82) is 0 Å². The van der Waals surface area contributed by atoms with Crippen LogP contribution >= 0.6 is 0 Å². The summed E-state index contributed by atoms with van der Waals surface area (Å²) < 4.78 is 21.0. The zero-order chi connectivity index (χ0) is 28.3. The molecule has 0 amide bonds. The first-order chi connectivity index (χ1) is 20.0. The molecule has 5 heteroatoms. The minimum atomic E-state index is -0.299. The monoisotopic (exact) mass is 727 g/mol. The average molecular weight is 727 g/mol. The third kappa shape index (κ3) is 5.80. The van der Waals surface area contributed by atoms with E-state index in [1.807, 2.05) is 92.0 Å². The molecule has 3 nitrogen and oxygen atoms in total. The Kier molecular flexibility index (Phi) is 8.72. The summed E-state index contributed by atoms with van der Waals surface area (Å²) in [5.41, 5.74) is 9.72. The van der Waals surface area contributed by atoms with Crippen LogP contribution in [0.1, 0.15) is 16.7 Å². The molecule has 3 heterocycles. The van der Waals surface area contributed by atoms with Crippen molar-refractivity contribution in [2.75, 3.05) is 0 Å². The molecule has 7 rings (SSSR count). The van der Waals surface area contributed by atoms with Crippen molar-refractivity contribution >= 4 is 21.9 Å². The van der Waals surface area contributed by atoms with E-state index < -0.39 is 0 Å². The number of nitrogens with zero attached hydrogens (tertiary/aromatic N) is 2. The van der Waals surface area contributed by atoms with Crippen molar-refractivity contribution < 1.29 is 28.9 Å². The summed E-state index contributed by atoms with van der Waals surface area (Å²) in [6.45, 7) is 6.19. The van der Waals surface area contributed by atoms with Gasteiger partial charge < -0.3 is 14.4 Å². The smallest absolute Gasteiger partial charge is 0.134 e. The number of furan rings is 1. The van der Waals surface area contributed by atoms with Crippen molar-refractivity contribution in [3.63, 3.8) is 0 Å². The van der Waals surface area contributed by atoms with Gasteiger partial charge in [-0.1, -0.05) is 64.5 Å². The second-order valence-corrected chi connectivity index (χ2v) is 10.0. The number of hydrogen-bond acceptors (Lipinski definition) is 3. The predicted molar refractivity (Wildman–Crippen MR) is 164 cm³/mol. The van der Waals surface area contributed by atoms with E-state index in [9.17, 15) is 4.39 Å². The Morgan fingerprint density at radius 1 is 0.690 bits per heavy atom. The van der Waals surface area contributed by atoms with E-state index in [4.69, 9.17) is 4.42 Å². The van der Waals surface area contributed by atoms with Crippen molar-refractivity contribution in [3.05, 3.63) is 144 Å². The molecule has 7 aromatic rings. The molecule has 0 atom stereocenters. The number of hydrogen-bond donors (Lipinski definition) is 0. The largest absolute Gasteiger partial charge is 0.500 e. The van der Waals surface area contributed by atoms with E-state index in [1.165, 1.54) is 17.2 Å². The first-order valence-corrected chi connectivity index (χ1v) is 13.4. The Labute approximate surface area is 258 Å². The summed E-state index contributed by atoms with van der Waals surface area (Å²) >= 11 is 0. The fourth-order valence-electron chi connectivity index (χ4n) is 4.84. The molecular weight excluding hydrogens is 700 g/mol. The molecule has 209 valence electrons. The van der Waals surface area contributed by atoms with E-state index in [2.05, 4.69) is 42.0 Å². The summed E-state index contributed by atoms with van der Waals surface area (Å²) in [6, 6.07) is 36.9. The Hall–Kier alpha value is -4.44. The molecule has 0 fully saturated rings. The summed E-state index contributed by atoms with van der Waals surface area (Å²) in [4.78, 5) is 8.84. The maximum Gasteiger partial charge on any atom is 0.134 e. The number of pyridine rings is 2. The molecular formula is C37H27FIrN2O-2. The molecule has 0 N–H and O–H groups in total. The van der Waals surface area contributed by atoms with Gasteiger partial charge in [-0.05, 0) is 61.5 Å². The minimum absolute atomic E-state index is 0.